The molecule has 2 N–H and O–H groups in total. The maximum Gasteiger partial charge on any atom is 0.308 e. The lowest BCUT2D eigenvalue weighted by Crippen LogP contribution is -2.31. The standard InChI is InChI=1S/C13H14N4O3/c1-9(13(19)20)7-14-12(18)11-8-17(16-15-11)10-5-3-2-4-6-10/h2-6,8-9H,7H2,1H3,(H,14,18)(H,19,20). The van der Waals surface area contributed by atoms with Gasteiger partial charge in [-0.3, -0.25) is 9.59 Å². The maximum absolute atomic E-state index is 11.8. The van der Waals surface area contributed by atoms with Gasteiger partial charge in [0, 0.05) is 6.54 Å². The molecule has 0 aliphatic rings. The number of aromatic nitrogens is 3. The average molecular weight is 274 g/mol. The van der Waals surface area contributed by atoms with Gasteiger partial charge >= 0.3 is 5.97 Å². The Labute approximate surface area is 115 Å². The monoisotopic (exact) mass is 274 g/mol. The summed E-state index contributed by atoms with van der Waals surface area (Å²) >= 11 is 0. The summed E-state index contributed by atoms with van der Waals surface area (Å²) < 4.78 is 1.48. The summed E-state index contributed by atoms with van der Waals surface area (Å²) in [5.74, 6) is -2.05. The predicted molar refractivity (Wildman–Crippen MR) is 70.5 cm³/mol. The number of benzene rings is 1. The first-order chi connectivity index (χ1) is 9.58. The molecule has 0 saturated carbocycles. The summed E-state index contributed by atoms with van der Waals surface area (Å²) in [6.07, 6.45) is 1.50. The van der Waals surface area contributed by atoms with E-state index in [1.807, 2.05) is 30.3 Å². The normalized spacial score (nSPS) is 11.8. The summed E-state index contributed by atoms with van der Waals surface area (Å²) in [6.45, 7) is 1.57. The van der Waals surface area contributed by atoms with E-state index in [1.165, 1.54) is 17.8 Å². The lowest BCUT2D eigenvalue weighted by atomic mass is 10.2. The zero-order valence-electron chi connectivity index (χ0n) is 10.9. The van der Waals surface area contributed by atoms with Gasteiger partial charge in [-0.15, -0.1) is 5.10 Å². The summed E-state index contributed by atoms with van der Waals surface area (Å²) in [5, 5.41) is 18.9. The summed E-state index contributed by atoms with van der Waals surface area (Å²) in [6, 6.07) is 9.25. The van der Waals surface area contributed by atoms with E-state index >= 15 is 0 Å². The minimum absolute atomic E-state index is 0.0480. The summed E-state index contributed by atoms with van der Waals surface area (Å²) in [5.41, 5.74) is 0.935. The number of carbonyl (C=O) groups is 2. The number of carbonyl (C=O) groups excluding carboxylic acids is 1. The highest BCUT2D eigenvalue weighted by atomic mass is 16.4. The highest BCUT2D eigenvalue weighted by Crippen LogP contribution is 2.05. The number of rotatable bonds is 5. The van der Waals surface area contributed by atoms with Crippen molar-refractivity contribution >= 4 is 11.9 Å². The van der Waals surface area contributed by atoms with Crippen molar-refractivity contribution in [3.05, 3.63) is 42.2 Å². The molecule has 7 heteroatoms. The number of nitrogens with one attached hydrogen (secondary N) is 1. The molecule has 1 atom stereocenters. The fourth-order valence-electron chi connectivity index (χ4n) is 1.50. The zero-order valence-corrected chi connectivity index (χ0v) is 10.9. The Hall–Kier alpha value is -2.70. The van der Waals surface area contributed by atoms with Crippen LogP contribution in [0.1, 0.15) is 17.4 Å². The van der Waals surface area contributed by atoms with E-state index in [1.54, 1.807) is 0 Å². The molecule has 1 aromatic heterocycles. The summed E-state index contributed by atoms with van der Waals surface area (Å²) in [7, 11) is 0. The van der Waals surface area contributed by atoms with Gasteiger partial charge in [0.25, 0.3) is 5.91 Å². The predicted octanol–water partition coefficient (Wildman–Crippen LogP) is 0.718. The SMILES string of the molecule is CC(CNC(=O)c1cn(-c2ccccc2)nn1)C(=O)O. The molecule has 1 heterocycles. The van der Waals surface area contributed by atoms with Crippen LogP contribution >= 0.6 is 0 Å². The molecule has 0 fully saturated rings. The van der Waals surface area contributed by atoms with E-state index in [2.05, 4.69) is 15.6 Å². The number of amides is 1. The summed E-state index contributed by atoms with van der Waals surface area (Å²) in [4.78, 5) is 22.5. The van der Waals surface area contributed by atoms with Crippen LogP contribution in [0.5, 0.6) is 0 Å². The van der Waals surface area contributed by atoms with E-state index < -0.39 is 17.8 Å². The molecule has 0 spiro atoms. The molecule has 104 valence electrons. The first-order valence-corrected chi connectivity index (χ1v) is 6.06. The van der Waals surface area contributed by atoms with Crippen LogP contribution in [0.2, 0.25) is 0 Å². The van der Waals surface area contributed by atoms with Crippen LogP contribution < -0.4 is 5.32 Å². The topological polar surface area (TPSA) is 97.1 Å². The smallest absolute Gasteiger partial charge is 0.308 e. The number of carboxylic acid groups (broad SMARTS) is 1. The Morgan fingerprint density at radius 2 is 2.05 bits per heavy atom. The van der Waals surface area contributed by atoms with E-state index in [4.69, 9.17) is 5.11 Å². The Bertz CT molecular complexity index is 609. The van der Waals surface area contributed by atoms with Crippen molar-refractivity contribution in [3.63, 3.8) is 0 Å². The van der Waals surface area contributed by atoms with E-state index in [-0.39, 0.29) is 12.2 Å². The fraction of sp³-hybridized carbons (Fsp3) is 0.231. The van der Waals surface area contributed by atoms with Gasteiger partial charge in [-0.25, -0.2) is 4.68 Å². The van der Waals surface area contributed by atoms with Crippen LogP contribution in [0.3, 0.4) is 0 Å². The van der Waals surface area contributed by atoms with Gasteiger partial charge < -0.3 is 10.4 Å². The molecule has 0 saturated heterocycles. The van der Waals surface area contributed by atoms with Crippen molar-refractivity contribution in [1.29, 1.82) is 0 Å². The van der Waals surface area contributed by atoms with Gasteiger partial charge in [-0.05, 0) is 12.1 Å². The van der Waals surface area contributed by atoms with Crippen molar-refractivity contribution in [1.82, 2.24) is 20.3 Å². The first-order valence-electron chi connectivity index (χ1n) is 6.06. The van der Waals surface area contributed by atoms with Crippen molar-refractivity contribution in [2.75, 3.05) is 6.54 Å². The number of carboxylic acids is 1. The van der Waals surface area contributed by atoms with Crippen molar-refractivity contribution < 1.29 is 14.7 Å². The molecule has 2 aromatic rings. The van der Waals surface area contributed by atoms with Gasteiger partial charge in [-0.2, -0.15) is 0 Å². The van der Waals surface area contributed by atoms with E-state index in [9.17, 15) is 9.59 Å². The average Bonchev–Trinajstić information content (AvgIpc) is 2.95. The Morgan fingerprint density at radius 1 is 1.35 bits per heavy atom. The minimum Gasteiger partial charge on any atom is -0.481 e. The molecule has 0 aliphatic heterocycles. The lowest BCUT2D eigenvalue weighted by molar-refractivity contribution is -0.140. The van der Waals surface area contributed by atoms with Gasteiger partial charge in [0.05, 0.1) is 17.8 Å². The second-order valence-electron chi connectivity index (χ2n) is 4.33. The Morgan fingerprint density at radius 3 is 2.70 bits per heavy atom. The third-order valence-electron chi connectivity index (χ3n) is 2.74. The van der Waals surface area contributed by atoms with Crippen LogP contribution in [0, 0.1) is 5.92 Å². The first kappa shape index (κ1) is 13.7. The Balaban J connectivity index is 2.02. The zero-order chi connectivity index (χ0) is 14.5. The third-order valence-corrected chi connectivity index (χ3v) is 2.74. The number of hydrogen-bond acceptors (Lipinski definition) is 4. The Kier molecular flexibility index (Phi) is 4.09. The van der Waals surface area contributed by atoms with Crippen molar-refractivity contribution in [2.24, 2.45) is 5.92 Å². The number of aliphatic carboxylic acids is 1. The molecule has 0 radical (unpaired) electrons. The molecule has 20 heavy (non-hydrogen) atoms. The molecule has 7 nitrogen and oxygen atoms in total. The van der Waals surface area contributed by atoms with E-state index in [0.29, 0.717) is 0 Å². The molecule has 1 unspecified atom stereocenters. The van der Waals surface area contributed by atoms with Gasteiger partial charge in [-0.1, -0.05) is 30.3 Å². The highest BCUT2D eigenvalue weighted by molar-refractivity contribution is 5.92. The van der Waals surface area contributed by atoms with E-state index in [0.717, 1.165) is 5.69 Å². The number of para-hydroxylation sites is 1. The van der Waals surface area contributed by atoms with Crippen molar-refractivity contribution in [3.8, 4) is 5.69 Å². The molecule has 0 aliphatic carbocycles. The molecule has 0 bridgehead atoms. The van der Waals surface area contributed by atoms with Crippen LogP contribution in [-0.2, 0) is 4.79 Å². The fourth-order valence-corrected chi connectivity index (χ4v) is 1.50. The third kappa shape index (κ3) is 3.19. The minimum atomic E-state index is -0.960. The van der Waals surface area contributed by atoms with Gasteiger partial charge in [0.1, 0.15) is 0 Å². The number of hydrogen-bond donors (Lipinski definition) is 2. The largest absolute Gasteiger partial charge is 0.481 e. The second-order valence-corrected chi connectivity index (χ2v) is 4.33. The molecule has 1 aromatic carbocycles. The number of nitrogens with zero attached hydrogens (tertiary/aromatic N) is 3. The highest BCUT2D eigenvalue weighted by Gasteiger charge is 2.15. The van der Waals surface area contributed by atoms with Gasteiger partial charge in [0.2, 0.25) is 0 Å². The maximum atomic E-state index is 11.8. The molecular formula is C13H14N4O3. The van der Waals surface area contributed by atoms with Crippen LogP contribution in [0.15, 0.2) is 36.5 Å². The van der Waals surface area contributed by atoms with Gasteiger partial charge in [0.15, 0.2) is 5.69 Å². The molecule has 2 rings (SSSR count). The van der Waals surface area contributed by atoms with Crippen LogP contribution in [-0.4, -0.2) is 38.5 Å². The molecule has 1 amide bonds. The second kappa shape index (κ2) is 5.96. The molecular weight excluding hydrogens is 260 g/mol. The van der Waals surface area contributed by atoms with Crippen molar-refractivity contribution in [2.45, 2.75) is 6.92 Å². The quantitative estimate of drug-likeness (QED) is 0.837. The van der Waals surface area contributed by atoms with Crippen LogP contribution in [0.4, 0.5) is 0 Å². The lowest BCUT2D eigenvalue weighted by Gasteiger charge is -2.06. The van der Waals surface area contributed by atoms with Crippen LogP contribution in [0.25, 0.3) is 5.69 Å².